The van der Waals surface area contributed by atoms with E-state index in [2.05, 4.69) is 10.2 Å². The van der Waals surface area contributed by atoms with E-state index in [0.717, 1.165) is 4.57 Å². The Hall–Kier alpha value is -3.34. The van der Waals surface area contributed by atoms with Crippen molar-refractivity contribution in [3.63, 3.8) is 0 Å². The molecule has 1 N–H and O–H groups in total. The molecule has 0 aliphatic heterocycles. The lowest BCUT2D eigenvalue weighted by molar-refractivity contribution is 0.395. The Balaban J connectivity index is 2.57. The molecule has 2 aromatic rings. The van der Waals surface area contributed by atoms with Gasteiger partial charge in [-0.05, 0) is 19.1 Å². The van der Waals surface area contributed by atoms with Crippen LogP contribution in [0.25, 0.3) is 0 Å². The first kappa shape index (κ1) is 17.0. The number of nitrogens with zero attached hydrogens (tertiary/aromatic N) is 4. The molecule has 0 saturated heterocycles. The third kappa shape index (κ3) is 2.92. The molecule has 0 aliphatic carbocycles. The molecule has 0 unspecified atom stereocenters. The van der Waals surface area contributed by atoms with Gasteiger partial charge in [-0.25, -0.2) is 0 Å². The van der Waals surface area contributed by atoms with Crippen LogP contribution in [0.1, 0.15) is 11.1 Å². The van der Waals surface area contributed by atoms with Crippen LogP contribution in [0.2, 0.25) is 0 Å². The number of benzene rings is 1. The highest BCUT2D eigenvalue weighted by Crippen LogP contribution is 2.33. The molecular weight excluding hydrogens is 312 g/mol. The molecule has 24 heavy (non-hydrogen) atoms. The van der Waals surface area contributed by atoms with Crippen LogP contribution < -0.4 is 15.0 Å². The number of pyridine rings is 1. The molecule has 0 saturated carbocycles. The Morgan fingerprint density at radius 1 is 1.25 bits per heavy atom. The highest BCUT2D eigenvalue weighted by molar-refractivity contribution is 5.58. The lowest BCUT2D eigenvalue weighted by Crippen LogP contribution is -2.18. The number of ether oxygens (including phenoxy) is 2. The first-order valence-corrected chi connectivity index (χ1v) is 6.91. The Labute approximate surface area is 138 Å². The van der Waals surface area contributed by atoms with E-state index in [1.807, 2.05) is 6.07 Å². The topological polar surface area (TPSA) is 109 Å². The Bertz CT molecular complexity index is 910. The summed E-state index contributed by atoms with van der Waals surface area (Å²) in [5.74, 6) is 0.613. The van der Waals surface area contributed by atoms with Gasteiger partial charge in [0.05, 0.1) is 14.2 Å². The largest absolute Gasteiger partial charge is 0.497 e. The highest BCUT2D eigenvalue weighted by atomic mass is 16.5. The maximum Gasteiger partial charge on any atom is 0.281 e. The lowest BCUT2D eigenvalue weighted by Gasteiger charge is -2.09. The van der Waals surface area contributed by atoms with Crippen molar-refractivity contribution in [2.75, 3.05) is 14.2 Å². The summed E-state index contributed by atoms with van der Waals surface area (Å²) >= 11 is 0. The summed E-state index contributed by atoms with van der Waals surface area (Å²) in [5, 5.41) is 27.0. The molecule has 1 heterocycles. The second kappa shape index (κ2) is 6.83. The number of hydrogen-bond donors (Lipinski definition) is 1. The molecular formula is C16H16N4O4. The average Bonchev–Trinajstić information content (AvgIpc) is 2.60. The SMILES string of the molecule is COc1ccc(N=Nc2c(C)c(C#N)c(O)n(C)c2=O)c(OC)c1. The Morgan fingerprint density at radius 3 is 2.54 bits per heavy atom. The minimum Gasteiger partial charge on any atom is -0.497 e. The molecule has 0 spiro atoms. The predicted octanol–water partition coefficient (Wildman–Crippen LogP) is 2.70. The number of methoxy groups -OCH3 is 2. The van der Waals surface area contributed by atoms with Gasteiger partial charge in [0.1, 0.15) is 28.8 Å². The molecule has 2 rings (SSSR count). The summed E-state index contributed by atoms with van der Waals surface area (Å²) in [7, 11) is 4.36. The quantitative estimate of drug-likeness (QED) is 0.868. The van der Waals surface area contributed by atoms with Gasteiger partial charge in [0.25, 0.3) is 5.56 Å². The lowest BCUT2D eigenvalue weighted by atomic mass is 10.1. The molecule has 0 fully saturated rings. The molecule has 1 aromatic heterocycles. The number of azo groups is 1. The molecule has 0 bridgehead atoms. The van der Waals surface area contributed by atoms with E-state index in [4.69, 9.17) is 14.7 Å². The summed E-state index contributed by atoms with van der Waals surface area (Å²) in [6, 6.07) is 6.80. The van der Waals surface area contributed by atoms with Gasteiger partial charge in [-0.3, -0.25) is 9.36 Å². The van der Waals surface area contributed by atoms with Crippen LogP contribution in [0.15, 0.2) is 33.2 Å². The minimum absolute atomic E-state index is 0.0206. The van der Waals surface area contributed by atoms with Gasteiger partial charge < -0.3 is 14.6 Å². The number of nitriles is 1. The van der Waals surface area contributed by atoms with Gasteiger partial charge in [-0.1, -0.05) is 0 Å². The van der Waals surface area contributed by atoms with Crippen LogP contribution in [-0.2, 0) is 7.05 Å². The minimum atomic E-state index is -0.555. The molecule has 0 atom stereocenters. The normalized spacial score (nSPS) is 10.6. The monoisotopic (exact) mass is 328 g/mol. The van der Waals surface area contributed by atoms with Crippen molar-refractivity contribution in [2.24, 2.45) is 17.3 Å². The van der Waals surface area contributed by atoms with Gasteiger partial charge >= 0.3 is 0 Å². The van der Waals surface area contributed by atoms with E-state index >= 15 is 0 Å². The van der Waals surface area contributed by atoms with Crippen LogP contribution in [0, 0.1) is 18.3 Å². The van der Waals surface area contributed by atoms with Crippen LogP contribution >= 0.6 is 0 Å². The van der Waals surface area contributed by atoms with Crippen LogP contribution in [0.5, 0.6) is 17.4 Å². The molecule has 0 amide bonds. The van der Waals surface area contributed by atoms with Crippen LogP contribution in [0.3, 0.4) is 0 Å². The maximum atomic E-state index is 12.2. The first-order chi connectivity index (χ1) is 11.4. The van der Waals surface area contributed by atoms with Gasteiger partial charge in [-0.2, -0.15) is 5.26 Å². The van der Waals surface area contributed by atoms with E-state index < -0.39 is 11.4 Å². The molecule has 8 nitrogen and oxygen atoms in total. The van der Waals surface area contributed by atoms with E-state index in [-0.39, 0.29) is 16.8 Å². The second-order valence-electron chi connectivity index (χ2n) is 4.89. The third-order valence-corrected chi connectivity index (χ3v) is 3.54. The van der Waals surface area contributed by atoms with Gasteiger partial charge in [0, 0.05) is 18.7 Å². The molecule has 124 valence electrons. The Kier molecular flexibility index (Phi) is 4.84. The fourth-order valence-electron chi connectivity index (χ4n) is 2.09. The van der Waals surface area contributed by atoms with Crippen LogP contribution in [-0.4, -0.2) is 23.9 Å². The first-order valence-electron chi connectivity index (χ1n) is 6.91. The van der Waals surface area contributed by atoms with Crippen molar-refractivity contribution >= 4 is 11.4 Å². The van der Waals surface area contributed by atoms with E-state index in [1.165, 1.54) is 28.2 Å². The van der Waals surface area contributed by atoms with Gasteiger partial charge in [0.15, 0.2) is 5.69 Å². The van der Waals surface area contributed by atoms with Crippen molar-refractivity contribution < 1.29 is 14.6 Å². The summed E-state index contributed by atoms with van der Waals surface area (Å²) in [5.41, 5.74) is 0.0540. The summed E-state index contributed by atoms with van der Waals surface area (Å²) in [4.78, 5) is 12.2. The van der Waals surface area contributed by atoms with Crippen molar-refractivity contribution in [2.45, 2.75) is 6.92 Å². The fourth-order valence-corrected chi connectivity index (χ4v) is 2.09. The maximum absolute atomic E-state index is 12.2. The smallest absolute Gasteiger partial charge is 0.281 e. The Morgan fingerprint density at radius 2 is 1.96 bits per heavy atom. The average molecular weight is 328 g/mol. The molecule has 0 aliphatic rings. The second-order valence-corrected chi connectivity index (χ2v) is 4.89. The van der Waals surface area contributed by atoms with Crippen molar-refractivity contribution in [1.29, 1.82) is 5.26 Å². The predicted molar refractivity (Wildman–Crippen MR) is 86.5 cm³/mol. The zero-order valence-corrected chi connectivity index (χ0v) is 13.7. The standard InChI is InChI=1S/C16H16N4O4/c1-9-11(8-17)15(21)20(2)16(22)14(9)19-18-12-6-5-10(23-3)7-13(12)24-4/h5-7,21H,1-4H3. The number of rotatable bonds is 4. The van der Waals surface area contributed by atoms with Crippen LogP contribution in [0.4, 0.5) is 11.4 Å². The highest BCUT2D eigenvalue weighted by Gasteiger charge is 2.17. The van der Waals surface area contributed by atoms with E-state index in [9.17, 15) is 9.90 Å². The molecule has 8 heteroatoms. The third-order valence-electron chi connectivity index (χ3n) is 3.54. The summed E-state index contributed by atoms with van der Waals surface area (Å²) in [6.45, 7) is 1.53. The molecule has 0 radical (unpaired) electrons. The van der Waals surface area contributed by atoms with Gasteiger partial charge in [0.2, 0.25) is 5.88 Å². The molecule has 1 aromatic carbocycles. The number of hydrogen-bond acceptors (Lipinski definition) is 7. The van der Waals surface area contributed by atoms with Gasteiger partial charge in [-0.15, -0.1) is 10.2 Å². The van der Waals surface area contributed by atoms with E-state index in [1.54, 1.807) is 18.2 Å². The summed E-state index contributed by atoms with van der Waals surface area (Å²) in [6.07, 6.45) is 0. The zero-order chi connectivity index (χ0) is 17.9. The number of aromatic nitrogens is 1. The fraction of sp³-hybridized carbons (Fsp3) is 0.250. The van der Waals surface area contributed by atoms with Crippen molar-refractivity contribution in [3.8, 4) is 23.4 Å². The van der Waals surface area contributed by atoms with E-state index in [0.29, 0.717) is 17.2 Å². The van der Waals surface area contributed by atoms with Crippen molar-refractivity contribution in [1.82, 2.24) is 4.57 Å². The van der Waals surface area contributed by atoms with Crippen molar-refractivity contribution in [3.05, 3.63) is 39.7 Å². The summed E-state index contributed by atoms with van der Waals surface area (Å²) < 4.78 is 11.3. The zero-order valence-electron chi connectivity index (χ0n) is 13.7. The number of aromatic hydroxyl groups is 1.